The van der Waals surface area contributed by atoms with Gasteiger partial charge in [0.25, 0.3) is 0 Å². The van der Waals surface area contributed by atoms with Crippen LogP contribution in [0, 0.1) is 0 Å². The SMILES string of the molecule is CN1Cc2c(Cl)c(O)c(O)c(Cl)c2C1.COc1c(Cl)c2c(c(Cl)c1OC)CN(C)C2.COc1c(Cl)c2c(c(Cl)c1OC)CNC2.COc1cc2c(cc1OC)CNC2. The van der Waals surface area contributed by atoms with E-state index < -0.39 is 0 Å². The molecule has 316 valence electrons. The largest absolute Gasteiger partial charge is 0.503 e. The molecule has 0 saturated carbocycles. The molecule has 0 amide bonds. The highest BCUT2D eigenvalue weighted by molar-refractivity contribution is 6.38. The summed E-state index contributed by atoms with van der Waals surface area (Å²) in [7, 11) is 13.5. The number of phenolic OH excluding ortho intramolecular Hbond substituents is 2. The quantitative estimate of drug-likeness (QED) is 0.138. The number of nitrogens with one attached hydrogen (secondary N) is 2. The zero-order valence-corrected chi connectivity index (χ0v) is 37.9. The Morgan fingerprint density at radius 3 is 1.00 bits per heavy atom. The van der Waals surface area contributed by atoms with Crippen molar-refractivity contribution < 1.29 is 38.6 Å². The maximum absolute atomic E-state index is 9.45. The molecule has 0 aromatic heterocycles. The van der Waals surface area contributed by atoms with E-state index in [-0.39, 0.29) is 21.5 Å². The third kappa shape index (κ3) is 9.12. The molecule has 4 aliphatic rings. The van der Waals surface area contributed by atoms with Gasteiger partial charge in [-0.05, 0) is 70.7 Å². The van der Waals surface area contributed by atoms with Crippen LogP contribution >= 0.6 is 69.6 Å². The summed E-state index contributed by atoms with van der Waals surface area (Å²) >= 11 is 36.8. The van der Waals surface area contributed by atoms with Crippen molar-refractivity contribution in [1.82, 2.24) is 20.4 Å². The van der Waals surface area contributed by atoms with Gasteiger partial charge in [-0.25, -0.2) is 0 Å². The molecule has 18 heteroatoms. The lowest BCUT2D eigenvalue weighted by molar-refractivity contribution is 0.353. The summed E-state index contributed by atoms with van der Waals surface area (Å²) in [5.74, 6) is 3.01. The van der Waals surface area contributed by atoms with Crippen molar-refractivity contribution in [2.45, 2.75) is 52.4 Å². The average molecular weight is 924 g/mol. The number of benzene rings is 4. The first-order valence-corrected chi connectivity index (χ1v) is 20.1. The fraction of sp³-hybridized carbons (Fsp3) is 0.400. The molecule has 12 nitrogen and oxygen atoms in total. The normalized spacial score (nSPS) is 14.7. The lowest BCUT2D eigenvalue weighted by Gasteiger charge is -2.14. The molecule has 4 aromatic rings. The molecule has 0 atom stereocenters. The number of hydrogen-bond donors (Lipinski definition) is 4. The number of phenols is 2. The van der Waals surface area contributed by atoms with Gasteiger partial charge < -0.3 is 49.3 Å². The van der Waals surface area contributed by atoms with Gasteiger partial charge in [-0.2, -0.15) is 0 Å². The van der Waals surface area contributed by atoms with E-state index in [0.29, 0.717) is 69.3 Å². The number of nitrogens with zero attached hydrogens (tertiary/aromatic N) is 2. The van der Waals surface area contributed by atoms with Gasteiger partial charge in [-0.15, -0.1) is 0 Å². The Bertz CT molecular complexity index is 2030. The molecule has 8 rings (SSSR count). The van der Waals surface area contributed by atoms with Crippen LogP contribution in [-0.4, -0.2) is 76.8 Å². The Balaban J connectivity index is 0.000000148. The lowest BCUT2D eigenvalue weighted by atomic mass is 10.1. The van der Waals surface area contributed by atoms with Crippen molar-refractivity contribution in [3.63, 3.8) is 0 Å². The van der Waals surface area contributed by atoms with Crippen LogP contribution in [-0.2, 0) is 52.4 Å². The number of ether oxygens (including phenoxy) is 6. The Kier molecular flexibility index (Phi) is 15.8. The molecule has 0 spiro atoms. The van der Waals surface area contributed by atoms with E-state index in [4.69, 9.17) is 98.0 Å². The average Bonchev–Trinajstić information content (AvgIpc) is 4.05. The minimum atomic E-state index is -0.328. The van der Waals surface area contributed by atoms with Crippen LogP contribution in [0.1, 0.15) is 44.5 Å². The number of halogens is 6. The van der Waals surface area contributed by atoms with Gasteiger partial charge in [-0.3, -0.25) is 9.80 Å². The third-order valence-corrected chi connectivity index (χ3v) is 12.4. The van der Waals surface area contributed by atoms with Crippen LogP contribution in [0.4, 0.5) is 0 Å². The standard InChI is InChI=1S/C11H13Cl2NO2.C10H11Cl2NO2.C10H13NO2.C9H9Cl2NO2/c1-14-4-6-7(5-14)9(13)11(16-3)10(15-2)8(6)12;1-14-9-7(11)5-3-13-4-6(5)8(12)10(9)15-2;1-12-9-3-7-5-11-6-8(7)4-10(9)13-2;1-12-2-4-5(3-12)7(11)9(14)8(13)6(4)10/h4-5H2,1-3H3;13H,3-4H2,1-2H3;3-4,11H,5-6H2,1-2H3;13-14H,2-3H2,1H3. The fourth-order valence-corrected chi connectivity index (χ4v) is 9.01. The maximum Gasteiger partial charge on any atom is 0.181 e. The Morgan fingerprint density at radius 2 is 0.707 bits per heavy atom. The molecule has 58 heavy (non-hydrogen) atoms. The van der Waals surface area contributed by atoms with Crippen molar-refractivity contribution in [1.29, 1.82) is 0 Å². The number of aromatic hydroxyl groups is 2. The molecular formula is C40H46Cl6N4O8. The van der Waals surface area contributed by atoms with Crippen molar-refractivity contribution >= 4 is 69.6 Å². The summed E-state index contributed by atoms with van der Waals surface area (Å²) in [5, 5.41) is 28.1. The van der Waals surface area contributed by atoms with E-state index >= 15 is 0 Å². The van der Waals surface area contributed by atoms with Gasteiger partial charge in [0.15, 0.2) is 46.0 Å². The predicted octanol–water partition coefficient (Wildman–Crippen LogP) is 9.23. The summed E-state index contributed by atoms with van der Waals surface area (Å²) in [6.07, 6.45) is 0. The summed E-state index contributed by atoms with van der Waals surface area (Å²) in [4.78, 5) is 4.14. The smallest absolute Gasteiger partial charge is 0.181 e. The second-order valence-electron chi connectivity index (χ2n) is 13.6. The van der Waals surface area contributed by atoms with Crippen molar-refractivity contribution in [2.24, 2.45) is 0 Å². The molecule has 4 N–H and O–H groups in total. The molecule has 0 aliphatic carbocycles. The van der Waals surface area contributed by atoms with Crippen LogP contribution in [0.2, 0.25) is 30.1 Å². The first-order chi connectivity index (χ1) is 27.7. The molecule has 4 heterocycles. The van der Waals surface area contributed by atoms with Crippen LogP contribution < -0.4 is 39.1 Å². The van der Waals surface area contributed by atoms with Crippen LogP contribution in [0.25, 0.3) is 0 Å². The van der Waals surface area contributed by atoms with Gasteiger partial charge >= 0.3 is 0 Å². The van der Waals surface area contributed by atoms with Crippen molar-refractivity contribution in [3.05, 3.63) is 86.8 Å². The van der Waals surface area contributed by atoms with Crippen LogP contribution in [0.3, 0.4) is 0 Å². The molecular weight excluding hydrogens is 877 g/mol. The van der Waals surface area contributed by atoms with E-state index in [1.165, 1.54) is 11.1 Å². The first kappa shape index (κ1) is 45.9. The van der Waals surface area contributed by atoms with Gasteiger partial charge in [0.05, 0.1) is 72.8 Å². The van der Waals surface area contributed by atoms with Gasteiger partial charge in [0.2, 0.25) is 0 Å². The second kappa shape index (κ2) is 19.9. The first-order valence-electron chi connectivity index (χ1n) is 17.8. The van der Waals surface area contributed by atoms with E-state index in [0.717, 1.165) is 71.1 Å². The highest BCUT2D eigenvalue weighted by Gasteiger charge is 2.30. The third-order valence-electron chi connectivity index (χ3n) is 10.0. The summed E-state index contributed by atoms with van der Waals surface area (Å²) in [5.41, 5.74) is 8.27. The Labute approximate surface area is 368 Å². The lowest BCUT2D eigenvalue weighted by Crippen LogP contribution is -2.07. The molecule has 0 radical (unpaired) electrons. The summed E-state index contributed by atoms with van der Waals surface area (Å²) in [6.45, 7) is 6.14. The number of rotatable bonds is 6. The Hall–Kier alpha value is -3.14. The molecule has 0 saturated heterocycles. The monoisotopic (exact) mass is 920 g/mol. The molecule has 0 unspecified atom stereocenters. The minimum Gasteiger partial charge on any atom is -0.503 e. The van der Waals surface area contributed by atoms with Crippen molar-refractivity contribution in [2.75, 3.05) is 56.8 Å². The minimum absolute atomic E-state index is 0.200. The topological polar surface area (TPSA) is 126 Å². The number of hydrogen-bond acceptors (Lipinski definition) is 12. The molecule has 0 bridgehead atoms. The van der Waals surface area contributed by atoms with Gasteiger partial charge in [-0.1, -0.05) is 69.6 Å². The van der Waals surface area contributed by atoms with E-state index in [9.17, 15) is 10.2 Å². The number of fused-ring (bicyclic) bond motifs is 4. The van der Waals surface area contributed by atoms with E-state index in [1.54, 1.807) is 42.7 Å². The predicted molar refractivity (Wildman–Crippen MR) is 230 cm³/mol. The second-order valence-corrected chi connectivity index (χ2v) is 15.9. The highest BCUT2D eigenvalue weighted by Crippen LogP contribution is 2.50. The van der Waals surface area contributed by atoms with Gasteiger partial charge in [0, 0.05) is 52.4 Å². The van der Waals surface area contributed by atoms with E-state index in [1.807, 2.05) is 31.1 Å². The highest BCUT2D eigenvalue weighted by atomic mass is 35.5. The van der Waals surface area contributed by atoms with Crippen molar-refractivity contribution in [3.8, 4) is 46.0 Å². The molecule has 0 fully saturated rings. The summed E-state index contributed by atoms with van der Waals surface area (Å²) < 4.78 is 31.3. The summed E-state index contributed by atoms with van der Waals surface area (Å²) in [6, 6.07) is 4.07. The van der Waals surface area contributed by atoms with Crippen LogP contribution in [0.5, 0.6) is 46.0 Å². The molecule has 4 aromatic carbocycles. The molecule has 4 aliphatic heterocycles. The fourth-order valence-electron chi connectivity index (χ4n) is 7.12. The number of methoxy groups -OCH3 is 6. The van der Waals surface area contributed by atoms with Crippen LogP contribution in [0.15, 0.2) is 12.1 Å². The zero-order chi connectivity index (χ0) is 42.6. The maximum atomic E-state index is 9.45. The van der Waals surface area contributed by atoms with E-state index in [2.05, 4.69) is 15.5 Å². The Morgan fingerprint density at radius 1 is 0.431 bits per heavy atom. The van der Waals surface area contributed by atoms with Gasteiger partial charge in [0.1, 0.15) is 0 Å². The zero-order valence-electron chi connectivity index (χ0n) is 33.3.